The Balaban J connectivity index is 2.38. The Morgan fingerprint density at radius 3 is 2.24 bits per heavy atom. The van der Waals surface area contributed by atoms with Gasteiger partial charge in [0.05, 0.1) is 5.41 Å². The largest absolute Gasteiger partial charge is 0.481 e. The summed E-state index contributed by atoms with van der Waals surface area (Å²) in [7, 11) is 0. The minimum absolute atomic E-state index is 0.00807. The first-order valence-electron chi connectivity index (χ1n) is 7.65. The molecule has 1 aliphatic rings. The molecule has 1 saturated carbocycles. The van der Waals surface area contributed by atoms with E-state index in [-0.39, 0.29) is 37.2 Å². The number of hydrogen-bond donors (Lipinski definition) is 3. The number of rotatable bonds is 7. The Hall–Kier alpha value is -1.59. The van der Waals surface area contributed by atoms with Gasteiger partial charge in [0.2, 0.25) is 11.8 Å². The molecule has 0 spiro atoms. The molecule has 1 aliphatic carbocycles. The van der Waals surface area contributed by atoms with E-state index in [1.807, 2.05) is 13.8 Å². The third-order valence-electron chi connectivity index (χ3n) is 3.89. The normalized spacial score (nSPS) is 17.3. The Kier molecular flexibility index (Phi) is 6.65. The second kappa shape index (κ2) is 8.00. The molecule has 0 aliphatic heterocycles. The highest BCUT2D eigenvalue weighted by atomic mass is 16.4. The fourth-order valence-corrected chi connectivity index (χ4v) is 2.77. The molecule has 21 heavy (non-hydrogen) atoms. The fourth-order valence-electron chi connectivity index (χ4n) is 2.77. The van der Waals surface area contributed by atoms with E-state index in [4.69, 9.17) is 0 Å². The Bertz CT molecular complexity index is 387. The van der Waals surface area contributed by atoms with Crippen molar-refractivity contribution in [2.45, 2.75) is 64.8 Å². The van der Waals surface area contributed by atoms with Crippen LogP contribution >= 0.6 is 0 Å². The smallest absolute Gasteiger partial charge is 0.310 e. The molecule has 0 saturated heterocycles. The maximum Gasteiger partial charge on any atom is 0.310 e. The van der Waals surface area contributed by atoms with Gasteiger partial charge in [-0.3, -0.25) is 14.4 Å². The van der Waals surface area contributed by atoms with Gasteiger partial charge in [0.1, 0.15) is 0 Å². The number of hydrogen-bond acceptors (Lipinski definition) is 3. The quantitative estimate of drug-likeness (QED) is 0.662. The molecule has 0 unspecified atom stereocenters. The highest BCUT2D eigenvalue weighted by Gasteiger charge is 2.41. The van der Waals surface area contributed by atoms with Crippen molar-refractivity contribution in [3.05, 3.63) is 0 Å². The van der Waals surface area contributed by atoms with Crippen molar-refractivity contribution in [1.82, 2.24) is 10.6 Å². The van der Waals surface area contributed by atoms with Gasteiger partial charge in [-0.2, -0.15) is 0 Å². The number of carbonyl (C=O) groups excluding carboxylic acids is 2. The topological polar surface area (TPSA) is 95.5 Å². The second-order valence-corrected chi connectivity index (χ2v) is 6.15. The van der Waals surface area contributed by atoms with Crippen molar-refractivity contribution in [2.75, 3.05) is 6.54 Å². The maximum atomic E-state index is 11.9. The maximum absolute atomic E-state index is 11.9. The van der Waals surface area contributed by atoms with Crippen molar-refractivity contribution >= 4 is 17.8 Å². The van der Waals surface area contributed by atoms with Crippen LogP contribution in [0.2, 0.25) is 0 Å². The van der Waals surface area contributed by atoms with Crippen molar-refractivity contribution in [1.29, 1.82) is 0 Å². The van der Waals surface area contributed by atoms with Gasteiger partial charge in [0.15, 0.2) is 0 Å². The SMILES string of the molecule is CC(C)NC(=O)CCNC(=O)CC1(C(=O)O)CCCCC1. The van der Waals surface area contributed by atoms with Crippen molar-refractivity contribution in [2.24, 2.45) is 5.41 Å². The summed E-state index contributed by atoms with van der Waals surface area (Å²) in [4.78, 5) is 34.8. The Morgan fingerprint density at radius 1 is 1.10 bits per heavy atom. The van der Waals surface area contributed by atoms with Gasteiger partial charge in [-0.15, -0.1) is 0 Å². The van der Waals surface area contributed by atoms with Crippen LogP contribution in [0.25, 0.3) is 0 Å². The lowest BCUT2D eigenvalue weighted by Gasteiger charge is -2.32. The Morgan fingerprint density at radius 2 is 1.71 bits per heavy atom. The van der Waals surface area contributed by atoms with Crippen molar-refractivity contribution < 1.29 is 19.5 Å². The number of amides is 2. The molecular formula is C15H26N2O4. The van der Waals surface area contributed by atoms with Gasteiger partial charge >= 0.3 is 5.97 Å². The molecule has 0 aromatic rings. The highest BCUT2D eigenvalue weighted by molar-refractivity contribution is 5.85. The third kappa shape index (κ3) is 5.73. The van der Waals surface area contributed by atoms with Gasteiger partial charge < -0.3 is 15.7 Å². The zero-order valence-corrected chi connectivity index (χ0v) is 12.9. The number of aliphatic carboxylic acids is 1. The van der Waals surface area contributed by atoms with E-state index in [0.717, 1.165) is 19.3 Å². The summed E-state index contributed by atoms with van der Waals surface area (Å²) in [5.41, 5.74) is -0.914. The molecule has 1 fully saturated rings. The average molecular weight is 298 g/mol. The number of carboxylic acid groups (broad SMARTS) is 1. The van der Waals surface area contributed by atoms with E-state index in [1.165, 1.54) is 0 Å². The lowest BCUT2D eigenvalue weighted by Crippen LogP contribution is -2.40. The summed E-state index contributed by atoms with van der Waals surface area (Å²) in [5.74, 6) is -1.28. The van der Waals surface area contributed by atoms with Crippen LogP contribution in [0.15, 0.2) is 0 Å². The highest BCUT2D eigenvalue weighted by Crippen LogP contribution is 2.39. The number of carboxylic acids is 1. The molecular weight excluding hydrogens is 272 g/mol. The molecule has 0 aromatic heterocycles. The van der Waals surface area contributed by atoms with Gasteiger partial charge in [-0.1, -0.05) is 19.3 Å². The van der Waals surface area contributed by atoms with Crippen LogP contribution < -0.4 is 10.6 Å². The molecule has 0 heterocycles. The molecule has 2 amide bonds. The predicted molar refractivity (Wildman–Crippen MR) is 78.7 cm³/mol. The third-order valence-corrected chi connectivity index (χ3v) is 3.89. The molecule has 1 rings (SSSR count). The lowest BCUT2D eigenvalue weighted by molar-refractivity contribution is -0.154. The van der Waals surface area contributed by atoms with Crippen LogP contribution in [0, 0.1) is 5.41 Å². The van der Waals surface area contributed by atoms with Crippen LogP contribution in [0.3, 0.4) is 0 Å². The van der Waals surface area contributed by atoms with E-state index in [9.17, 15) is 19.5 Å². The summed E-state index contributed by atoms with van der Waals surface area (Å²) < 4.78 is 0. The average Bonchev–Trinajstić information content (AvgIpc) is 2.38. The van der Waals surface area contributed by atoms with Gasteiger partial charge in [0, 0.05) is 25.4 Å². The zero-order chi connectivity index (χ0) is 15.9. The van der Waals surface area contributed by atoms with Gasteiger partial charge in [0.25, 0.3) is 0 Å². The number of carbonyl (C=O) groups is 3. The van der Waals surface area contributed by atoms with Crippen molar-refractivity contribution in [3.8, 4) is 0 Å². The summed E-state index contributed by atoms with van der Waals surface area (Å²) in [6.45, 7) is 3.99. The predicted octanol–water partition coefficient (Wildman–Crippen LogP) is 1.44. The fraction of sp³-hybridized carbons (Fsp3) is 0.800. The molecule has 6 heteroatoms. The van der Waals surface area contributed by atoms with Crippen LogP contribution in [-0.4, -0.2) is 35.5 Å². The molecule has 0 atom stereocenters. The first-order chi connectivity index (χ1) is 9.85. The van der Waals surface area contributed by atoms with Crippen LogP contribution in [0.1, 0.15) is 58.8 Å². The van der Waals surface area contributed by atoms with E-state index in [0.29, 0.717) is 12.8 Å². The first-order valence-corrected chi connectivity index (χ1v) is 7.65. The summed E-state index contributed by atoms with van der Waals surface area (Å²) >= 11 is 0. The van der Waals surface area contributed by atoms with E-state index < -0.39 is 11.4 Å². The van der Waals surface area contributed by atoms with Crippen molar-refractivity contribution in [3.63, 3.8) is 0 Å². The van der Waals surface area contributed by atoms with E-state index in [1.54, 1.807) is 0 Å². The van der Waals surface area contributed by atoms with Crippen LogP contribution in [0.5, 0.6) is 0 Å². The minimum atomic E-state index is -0.914. The summed E-state index contributed by atoms with van der Waals surface area (Å²) in [5, 5.41) is 14.8. The molecule has 0 radical (unpaired) electrons. The molecule has 3 N–H and O–H groups in total. The monoisotopic (exact) mass is 298 g/mol. The molecule has 0 aromatic carbocycles. The molecule has 6 nitrogen and oxygen atoms in total. The summed E-state index contributed by atoms with van der Waals surface area (Å²) in [6, 6.07) is 0.0747. The van der Waals surface area contributed by atoms with Gasteiger partial charge in [-0.05, 0) is 26.7 Å². The molecule has 0 bridgehead atoms. The van der Waals surface area contributed by atoms with E-state index >= 15 is 0 Å². The Labute approximate surface area is 125 Å². The minimum Gasteiger partial charge on any atom is -0.481 e. The van der Waals surface area contributed by atoms with E-state index in [2.05, 4.69) is 10.6 Å². The summed E-state index contributed by atoms with van der Waals surface area (Å²) in [6.07, 6.45) is 4.09. The lowest BCUT2D eigenvalue weighted by atomic mass is 9.71. The first kappa shape index (κ1) is 17.5. The number of nitrogens with one attached hydrogen (secondary N) is 2. The molecule has 120 valence electrons. The van der Waals surface area contributed by atoms with Crippen LogP contribution in [0.4, 0.5) is 0 Å². The zero-order valence-electron chi connectivity index (χ0n) is 12.9. The van der Waals surface area contributed by atoms with Crippen LogP contribution in [-0.2, 0) is 14.4 Å². The second-order valence-electron chi connectivity index (χ2n) is 6.15. The standard InChI is InChI=1S/C15H26N2O4/c1-11(2)17-12(18)6-9-16-13(19)10-15(14(20)21)7-4-3-5-8-15/h11H,3-10H2,1-2H3,(H,16,19)(H,17,18)(H,20,21). The van der Waals surface area contributed by atoms with Gasteiger partial charge in [-0.25, -0.2) is 0 Å².